The van der Waals surface area contributed by atoms with Crippen LogP contribution in [0.3, 0.4) is 0 Å². The van der Waals surface area contributed by atoms with Crippen LogP contribution in [0.5, 0.6) is 0 Å². The van der Waals surface area contributed by atoms with Gasteiger partial charge in [-0.25, -0.2) is 0 Å². The van der Waals surface area contributed by atoms with E-state index in [2.05, 4.69) is 10.2 Å². The second-order valence-corrected chi connectivity index (χ2v) is 5.97. The Balaban J connectivity index is 2.14. The summed E-state index contributed by atoms with van der Waals surface area (Å²) in [6.07, 6.45) is 1.59. The van der Waals surface area contributed by atoms with E-state index < -0.39 is 0 Å². The minimum absolute atomic E-state index is 0.0622. The van der Waals surface area contributed by atoms with E-state index >= 15 is 0 Å². The van der Waals surface area contributed by atoms with Crippen LogP contribution >= 0.6 is 0 Å². The first-order chi connectivity index (χ1) is 10.5. The molecule has 1 saturated heterocycles. The van der Waals surface area contributed by atoms with E-state index in [1.807, 2.05) is 30.3 Å². The molecule has 0 aliphatic carbocycles. The number of hydrogen-bond acceptors (Lipinski definition) is 3. The summed E-state index contributed by atoms with van der Waals surface area (Å²) in [6.45, 7) is 1.52. The summed E-state index contributed by atoms with van der Waals surface area (Å²) < 4.78 is 0. The monoisotopic (exact) mass is 303 g/mol. The SMILES string of the molecule is CNC(=O)C1CCN(C(C(=O)N(C)C)c2ccccc2)CC1. The van der Waals surface area contributed by atoms with Gasteiger partial charge in [-0.05, 0) is 31.5 Å². The van der Waals surface area contributed by atoms with E-state index in [1.54, 1.807) is 26.0 Å². The zero-order valence-corrected chi connectivity index (χ0v) is 13.6. The molecule has 1 aliphatic heterocycles. The lowest BCUT2D eigenvalue weighted by atomic mass is 9.93. The summed E-state index contributed by atoms with van der Waals surface area (Å²) in [4.78, 5) is 28.2. The molecule has 1 aromatic carbocycles. The first-order valence-corrected chi connectivity index (χ1v) is 7.76. The van der Waals surface area contributed by atoms with Gasteiger partial charge in [-0.3, -0.25) is 14.5 Å². The predicted molar refractivity (Wildman–Crippen MR) is 86.2 cm³/mol. The van der Waals surface area contributed by atoms with Crippen LogP contribution in [0.2, 0.25) is 0 Å². The molecule has 120 valence electrons. The highest BCUT2D eigenvalue weighted by molar-refractivity contribution is 5.83. The third-order valence-corrected chi connectivity index (χ3v) is 4.30. The highest BCUT2D eigenvalue weighted by Gasteiger charge is 2.33. The molecule has 5 heteroatoms. The number of likely N-dealkylation sites (tertiary alicyclic amines) is 1. The molecule has 0 spiro atoms. The quantitative estimate of drug-likeness (QED) is 0.911. The van der Waals surface area contributed by atoms with Crippen molar-refractivity contribution >= 4 is 11.8 Å². The normalized spacial score (nSPS) is 17.8. The van der Waals surface area contributed by atoms with Gasteiger partial charge in [-0.15, -0.1) is 0 Å². The Hall–Kier alpha value is -1.88. The summed E-state index contributed by atoms with van der Waals surface area (Å²) in [5.74, 6) is 0.256. The van der Waals surface area contributed by atoms with Crippen LogP contribution in [-0.4, -0.2) is 55.8 Å². The van der Waals surface area contributed by atoms with Gasteiger partial charge in [0.15, 0.2) is 0 Å². The predicted octanol–water partition coefficient (Wildman–Crippen LogP) is 1.27. The van der Waals surface area contributed by atoms with Crippen molar-refractivity contribution in [3.05, 3.63) is 35.9 Å². The molecular weight excluding hydrogens is 278 g/mol. The number of nitrogens with zero attached hydrogens (tertiary/aromatic N) is 2. The minimum atomic E-state index is -0.262. The molecule has 0 radical (unpaired) electrons. The van der Waals surface area contributed by atoms with Gasteiger partial charge in [0.25, 0.3) is 0 Å². The number of hydrogen-bond donors (Lipinski definition) is 1. The van der Waals surface area contributed by atoms with E-state index in [9.17, 15) is 9.59 Å². The van der Waals surface area contributed by atoms with Crippen LogP contribution in [0, 0.1) is 5.92 Å². The fourth-order valence-electron chi connectivity index (χ4n) is 3.01. The summed E-state index contributed by atoms with van der Waals surface area (Å²) in [5.41, 5.74) is 1.01. The van der Waals surface area contributed by atoms with Crippen LogP contribution in [0.15, 0.2) is 30.3 Å². The van der Waals surface area contributed by atoms with Gasteiger partial charge in [-0.2, -0.15) is 0 Å². The Kier molecular flexibility index (Phi) is 5.55. The van der Waals surface area contributed by atoms with Crippen LogP contribution in [0.4, 0.5) is 0 Å². The van der Waals surface area contributed by atoms with Gasteiger partial charge in [0, 0.05) is 27.1 Å². The zero-order valence-electron chi connectivity index (χ0n) is 13.6. The van der Waals surface area contributed by atoms with Crippen molar-refractivity contribution in [1.29, 1.82) is 0 Å². The van der Waals surface area contributed by atoms with Gasteiger partial charge < -0.3 is 10.2 Å². The number of piperidine rings is 1. The van der Waals surface area contributed by atoms with E-state index in [0.717, 1.165) is 31.5 Å². The third kappa shape index (κ3) is 3.65. The van der Waals surface area contributed by atoms with Gasteiger partial charge in [0.05, 0.1) is 0 Å². The van der Waals surface area contributed by atoms with Crippen molar-refractivity contribution in [1.82, 2.24) is 15.1 Å². The lowest BCUT2D eigenvalue weighted by Crippen LogP contribution is -2.45. The van der Waals surface area contributed by atoms with Crippen molar-refractivity contribution in [3.63, 3.8) is 0 Å². The van der Waals surface area contributed by atoms with Crippen molar-refractivity contribution in [2.24, 2.45) is 5.92 Å². The molecule has 22 heavy (non-hydrogen) atoms. The Morgan fingerprint density at radius 3 is 2.27 bits per heavy atom. The van der Waals surface area contributed by atoms with Crippen LogP contribution < -0.4 is 5.32 Å². The zero-order chi connectivity index (χ0) is 16.1. The van der Waals surface area contributed by atoms with Crippen molar-refractivity contribution in [2.75, 3.05) is 34.2 Å². The van der Waals surface area contributed by atoms with Gasteiger partial charge in [-0.1, -0.05) is 30.3 Å². The molecule has 1 unspecified atom stereocenters. The lowest BCUT2D eigenvalue weighted by molar-refractivity contribution is -0.135. The molecule has 0 bridgehead atoms. The molecule has 0 saturated carbocycles. The van der Waals surface area contributed by atoms with Crippen LogP contribution in [-0.2, 0) is 9.59 Å². The number of rotatable bonds is 4. The summed E-state index contributed by atoms with van der Waals surface area (Å²) in [5, 5.41) is 2.72. The minimum Gasteiger partial charge on any atom is -0.359 e. The summed E-state index contributed by atoms with van der Waals surface area (Å²) in [7, 11) is 5.25. The molecule has 1 N–H and O–H groups in total. The number of benzene rings is 1. The number of carbonyl (C=O) groups is 2. The van der Waals surface area contributed by atoms with Gasteiger partial charge >= 0.3 is 0 Å². The Morgan fingerprint density at radius 2 is 1.77 bits per heavy atom. The molecule has 1 aromatic rings. The van der Waals surface area contributed by atoms with Crippen LogP contribution in [0.25, 0.3) is 0 Å². The number of carbonyl (C=O) groups excluding carboxylic acids is 2. The molecular formula is C17H25N3O2. The average molecular weight is 303 g/mol. The summed E-state index contributed by atoms with van der Waals surface area (Å²) >= 11 is 0. The van der Waals surface area contributed by atoms with Crippen molar-refractivity contribution in [3.8, 4) is 0 Å². The maximum absolute atomic E-state index is 12.6. The standard InChI is InChI=1S/C17H25N3O2/c1-18-16(21)14-9-11-20(12-10-14)15(17(22)19(2)3)13-7-5-4-6-8-13/h4-8,14-15H,9-12H2,1-3H3,(H,18,21). The first kappa shape index (κ1) is 16.5. The van der Waals surface area contributed by atoms with Crippen molar-refractivity contribution in [2.45, 2.75) is 18.9 Å². The van der Waals surface area contributed by atoms with E-state index in [-0.39, 0.29) is 23.8 Å². The number of nitrogens with one attached hydrogen (secondary N) is 1. The van der Waals surface area contributed by atoms with Crippen molar-refractivity contribution < 1.29 is 9.59 Å². The number of amides is 2. The Morgan fingerprint density at radius 1 is 1.18 bits per heavy atom. The highest BCUT2D eigenvalue weighted by atomic mass is 16.2. The average Bonchev–Trinajstić information content (AvgIpc) is 2.56. The first-order valence-electron chi connectivity index (χ1n) is 7.76. The Labute approximate surface area is 132 Å². The topological polar surface area (TPSA) is 52.7 Å². The van der Waals surface area contributed by atoms with Gasteiger partial charge in [0.1, 0.15) is 6.04 Å². The van der Waals surface area contributed by atoms with E-state index in [0.29, 0.717) is 0 Å². The Bertz CT molecular complexity index is 508. The van der Waals surface area contributed by atoms with Crippen LogP contribution in [0.1, 0.15) is 24.4 Å². The van der Waals surface area contributed by atoms with E-state index in [1.165, 1.54) is 0 Å². The van der Waals surface area contributed by atoms with E-state index in [4.69, 9.17) is 0 Å². The molecule has 2 amide bonds. The second-order valence-electron chi connectivity index (χ2n) is 5.97. The molecule has 0 aromatic heterocycles. The molecule has 5 nitrogen and oxygen atoms in total. The molecule has 1 fully saturated rings. The fourth-order valence-corrected chi connectivity index (χ4v) is 3.01. The smallest absolute Gasteiger partial charge is 0.244 e. The maximum Gasteiger partial charge on any atom is 0.244 e. The second kappa shape index (κ2) is 7.40. The third-order valence-electron chi connectivity index (χ3n) is 4.30. The number of likely N-dealkylation sites (N-methyl/N-ethyl adjacent to an activating group) is 1. The maximum atomic E-state index is 12.6. The summed E-state index contributed by atoms with van der Waals surface area (Å²) in [6, 6.07) is 9.61. The molecule has 2 rings (SSSR count). The highest BCUT2D eigenvalue weighted by Crippen LogP contribution is 2.28. The van der Waals surface area contributed by atoms with Gasteiger partial charge in [0.2, 0.25) is 11.8 Å². The molecule has 1 aliphatic rings. The fraction of sp³-hybridized carbons (Fsp3) is 0.529. The molecule has 1 heterocycles. The molecule has 1 atom stereocenters. The largest absolute Gasteiger partial charge is 0.359 e. The lowest BCUT2D eigenvalue weighted by Gasteiger charge is -2.37.